The van der Waals surface area contributed by atoms with E-state index in [0.29, 0.717) is 6.61 Å². The molecule has 2 aliphatic heterocycles. The van der Waals surface area contributed by atoms with Crippen LogP contribution in [0.3, 0.4) is 0 Å². The molecule has 0 aliphatic carbocycles. The maximum atomic E-state index is 11.6. The zero-order valence-corrected chi connectivity index (χ0v) is 8.99. The minimum absolute atomic E-state index is 0.0118. The minimum atomic E-state index is -0.457. The molecule has 0 spiro atoms. The number of hydrogen-bond acceptors (Lipinski definition) is 3. The van der Waals surface area contributed by atoms with Crippen LogP contribution in [0.2, 0.25) is 0 Å². The summed E-state index contributed by atoms with van der Waals surface area (Å²) in [6.07, 6.45) is 0.883. The summed E-state index contributed by atoms with van der Waals surface area (Å²) in [4.78, 5) is 13.3. The van der Waals surface area contributed by atoms with E-state index >= 15 is 0 Å². The Morgan fingerprint density at radius 2 is 2.21 bits per heavy atom. The van der Waals surface area contributed by atoms with Gasteiger partial charge in [-0.3, -0.25) is 4.79 Å². The van der Waals surface area contributed by atoms with Crippen LogP contribution in [0.5, 0.6) is 0 Å². The van der Waals surface area contributed by atoms with Crippen molar-refractivity contribution in [3.8, 4) is 0 Å². The highest BCUT2D eigenvalue weighted by Crippen LogP contribution is 2.36. The van der Waals surface area contributed by atoms with Crippen LogP contribution in [0.4, 0.5) is 0 Å². The van der Waals surface area contributed by atoms with E-state index < -0.39 is 6.04 Å². The van der Waals surface area contributed by atoms with Crippen molar-refractivity contribution >= 4 is 5.91 Å². The molecule has 0 aromatic heterocycles. The Morgan fingerprint density at radius 3 is 2.86 bits per heavy atom. The molecule has 2 rings (SSSR count). The van der Waals surface area contributed by atoms with Crippen LogP contribution in [-0.4, -0.2) is 42.6 Å². The molecule has 80 valence electrons. The van der Waals surface area contributed by atoms with E-state index in [4.69, 9.17) is 10.5 Å². The first kappa shape index (κ1) is 9.93. The van der Waals surface area contributed by atoms with Gasteiger partial charge in [0.15, 0.2) is 0 Å². The molecule has 0 saturated carbocycles. The van der Waals surface area contributed by atoms with Crippen LogP contribution in [0.25, 0.3) is 0 Å². The molecule has 3 atom stereocenters. The summed E-state index contributed by atoms with van der Waals surface area (Å²) in [5.74, 6) is 0.0118. The molecule has 2 fully saturated rings. The molecule has 4 nitrogen and oxygen atoms in total. The first-order valence-electron chi connectivity index (χ1n) is 5.06. The van der Waals surface area contributed by atoms with Gasteiger partial charge in [0, 0.05) is 7.05 Å². The number of carbonyl (C=O) groups is 1. The van der Waals surface area contributed by atoms with Crippen LogP contribution >= 0.6 is 0 Å². The van der Waals surface area contributed by atoms with Crippen LogP contribution < -0.4 is 5.73 Å². The Morgan fingerprint density at radius 1 is 1.57 bits per heavy atom. The van der Waals surface area contributed by atoms with Crippen molar-refractivity contribution in [3.05, 3.63) is 0 Å². The number of amides is 1. The Labute approximate surface area is 84.4 Å². The predicted octanol–water partition coefficient (Wildman–Crippen LogP) is -0.0306. The molecule has 0 radical (unpaired) electrons. The third-order valence-corrected chi connectivity index (χ3v) is 3.29. The van der Waals surface area contributed by atoms with Gasteiger partial charge in [0.1, 0.15) is 12.1 Å². The van der Waals surface area contributed by atoms with Crippen LogP contribution in [0, 0.1) is 5.41 Å². The fourth-order valence-electron chi connectivity index (χ4n) is 2.41. The lowest BCUT2D eigenvalue weighted by atomic mass is 9.82. The monoisotopic (exact) mass is 198 g/mol. The molecule has 2 N–H and O–H groups in total. The summed E-state index contributed by atoms with van der Waals surface area (Å²) in [5, 5.41) is 0. The number of fused-ring (bicyclic) bond motifs is 1. The van der Waals surface area contributed by atoms with E-state index in [9.17, 15) is 4.79 Å². The van der Waals surface area contributed by atoms with E-state index in [-0.39, 0.29) is 23.5 Å². The average Bonchev–Trinajstić information content (AvgIpc) is 2.30. The first-order chi connectivity index (χ1) is 6.42. The van der Waals surface area contributed by atoms with E-state index in [0.717, 1.165) is 6.42 Å². The van der Waals surface area contributed by atoms with Gasteiger partial charge in [0.25, 0.3) is 0 Å². The molecule has 2 aliphatic rings. The van der Waals surface area contributed by atoms with Crippen LogP contribution in [-0.2, 0) is 9.53 Å². The zero-order chi connectivity index (χ0) is 10.5. The molecule has 2 heterocycles. The lowest BCUT2D eigenvalue weighted by Crippen LogP contribution is -2.48. The lowest BCUT2D eigenvalue weighted by Gasteiger charge is -2.39. The van der Waals surface area contributed by atoms with Gasteiger partial charge in [-0.05, 0) is 11.8 Å². The van der Waals surface area contributed by atoms with Gasteiger partial charge in [-0.15, -0.1) is 0 Å². The molecular weight excluding hydrogens is 180 g/mol. The summed E-state index contributed by atoms with van der Waals surface area (Å²) in [5.41, 5.74) is 5.95. The van der Waals surface area contributed by atoms with E-state index in [1.165, 1.54) is 0 Å². The fraction of sp³-hybridized carbons (Fsp3) is 0.900. The molecule has 2 saturated heterocycles. The van der Waals surface area contributed by atoms with E-state index in [1.807, 2.05) is 7.05 Å². The van der Waals surface area contributed by atoms with Gasteiger partial charge < -0.3 is 15.4 Å². The molecular formula is C10H18N2O2. The SMILES string of the molecule is CN1C(=O)[C@H](N)[C@@H]2OCC(C)(C)C[C@@H]21. The van der Waals surface area contributed by atoms with Crippen molar-refractivity contribution in [2.45, 2.75) is 38.5 Å². The number of carbonyl (C=O) groups excluding carboxylic acids is 1. The highest BCUT2D eigenvalue weighted by atomic mass is 16.5. The number of rotatable bonds is 0. The fourth-order valence-corrected chi connectivity index (χ4v) is 2.41. The molecule has 0 unspecified atom stereocenters. The molecule has 14 heavy (non-hydrogen) atoms. The second-order valence-electron chi connectivity index (χ2n) is 5.19. The average molecular weight is 198 g/mol. The second-order valence-corrected chi connectivity index (χ2v) is 5.19. The van der Waals surface area contributed by atoms with Gasteiger partial charge in [-0.1, -0.05) is 13.8 Å². The van der Waals surface area contributed by atoms with Gasteiger partial charge in [-0.2, -0.15) is 0 Å². The standard InChI is InChI=1S/C10H18N2O2/c1-10(2)4-6-8(14-5-10)7(11)9(13)12(6)3/h6-8H,4-5,11H2,1-3H3/t6-,7+,8+/m0/s1. The maximum absolute atomic E-state index is 11.6. The van der Waals surface area contributed by atoms with Crippen molar-refractivity contribution in [2.24, 2.45) is 11.1 Å². The lowest BCUT2D eigenvalue weighted by molar-refractivity contribution is -0.128. The molecule has 0 aromatic carbocycles. The van der Waals surface area contributed by atoms with E-state index in [1.54, 1.807) is 4.90 Å². The van der Waals surface area contributed by atoms with Crippen molar-refractivity contribution in [3.63, 3.8) is 0 Å². The Balaban J connectivity index is 2.20. The van der Waals surface area contributed by atoms with Crippen LogP contribution in [0.1, 0.15) is 20.3 Å². The number of nitrogens with two attached hydrogens (primary N) is 1. The summed E-state index contributed by atoms with van der Waals surface area (Å²) in [6, 6.07) is -0.289. The molecule has 0 aromatic rings. The Hall–Kier alpha value is -0.610. The zero-order valence-electron chi connectivity index (χ0n) is 8.99. The molecule has 4 heteroatoms. The predicted molar refractivity (Wildman–Crippen MR) is 52.7 cm³/mol. The second kappa shape index (κ2) is 2.94. The largest absolute Gasteiger partial charge is 0.373 e. The third-order valence-electron chi connectivity index (χ3n) is 3.29. The van der Waals surface area contributed by atoms with Gasteiger partial charge in [0.05, 0.1) is 12.6 Å². The Bertz CT molecular complexity index is 265. The number of likely N-dealkylation sites (N-methyl/N-ethyl adjacent to an activating group) is 1. The molecule has 0 bridgehead atoms. The number of ether oxygens (including phenoxy) is 1. The van der Waals surface area contributed by atoms with Crippen molar-refractivity contribution < 1.29 is 9.53 Å². The van der Waals surface area contributed by atoms with Gasteiger partial charge >= 0.3 is 0 Å². The van der Waals surface area contributed by atoms with Gasteiger partial charge in [-0.25, -0.2) is 0 Å². The topological polar surface area (TPSA) is 55.6 Å². The normalized spacial score (nSPS) is 41.3. The molecule has 1 amide bonds. The quantitative estimate of drug-likeness (QED) is 0.594. The first-order valence-corrected chi connectivity index (χ1v) is 5.06. The van der Waals surface area contributed by atoms with Crippen molar-refractivity contribution in [2.75, 3.05) is 13.7 Å². The Kier molecular flexibility index (Phi) is 2.08. The summed E-state index contributed by atoms with van der Waals surface area (Å²) in [6.45, 7) is 5.01. The summed E-state index contributed by atoms with van der Waals surface area (Å²) in [7, 11) is 1.82. The third kappa shape index (κ3) is 1.33. The number of hydrogen-bond donors (Lipinski definition) is 1. The highest BCUT2D eigenvalue weighted by molar-refractivity contribution is 5.85. The highest BCUT2D eigenvalue weighted by Gasteiger charge is 2.50. The smallest absolute Gasteiger partial charge is 0.242 e. The van der Waals surface area contributed by atoms with Crippen LogP contribution in [0.15, 0.2) is 0 Å². The minimum Gasteiger partial charge on any atom is -0.373 e. The van der Waals surface area contributed by atoms with Crippen molar-refractivity contribution in [1.82, 2.24) is 4.90 Å². The number of nitrogens with zero attached hydrogens (tertiary/aromatic N) is 1. The van der Waals surface area contributed by atoms with Crippen molar-refractivity contribution in [1.29, 1.82) is 0 Å². The maximum Gasteiger partial charge on any atom is 0.242 e. The summed E-state index contributed by atoms with van der Waals surface area (Å²) < 4.78 is 5.68. The number of likely N-dealkylation sites (tertiary alicyclic amines) is 1. The van der Waals surface area contributed by atoms with E-state index in [2.05, 4.69) is 13.8 Å². The summed E-state index contributed by atoms with van der Waals surface area (Å²) >= 11 is 0. The van der Waals surface area contributed by atoms with Gasteiger partial charge in [0.2, 0.25) is 5.91 Å².